The molecule has 0 heterocycles. The molecule has 4 nitrogen and oxygen atoms in total. The van der Waals surface area contributed by atoms with Gasteiger partial charge in [-0.1, -0.05) is 60.7 Å². The van der Waals surface area contributed by atoms with Gasteiger partial charge in [0, 0.05) is 33.8 Å². The molecule has 0 aliphatic carbocycles. The number of benzene rings is 2. The number of nitrogens with one attached hydrogen (secondary N) is 1. The molecule has 4 heteroatoms. The van der Waals surface area contributed by atoms with E-state index in [1.165, 1.54) is 11.1 Å². The van der Waals surface area contributed by atoms with E-state index in [1.54, 1.807) is 0 Å². The van der Waals surface area contributed by atoms with Crippen LogP contribution in [0.15, 0.2) is 65.7 Å². The maximum Gasteiger partial charge on any atom is 0.193 e. The van der Waals surface area contributed by atoms with Crippen LogP contribution < -0.4 is 5.32 Å². The van der Waals surface area contributed by atoms with E-state index >= 15 is 0 Å². The highest BCUT2D eigenvalue weighted by Gasteiger charge is 2.05. The minimum atomic E-state index is 0.690. The highest BCUT2D eigenvalue weighted by molar-refractivity contribution is 5.79. The molecule has 0 aliphatic rings. The van der Waals surface area contributed by atoms with E-state index < -0.39 is 0 Å². The van der Waals surface area contributed by atoms with Crippen molar-refractivity contribution in [2.75, 3.05) is 27.2 Å². The largest absolute Gasteiger partial charge is 0.377 e. The molecule has 0 saturated heterocycles. The Morgan fingerprint density at radius 1 is 0.960 bits per heavy atom. The molecule has 0 fully saturated rings. The predicted molar refractivity (Wildman–Crippen MR) is 105 cm³/mol. The van der Waals surface area contributed by atoms with Crippen LogP contribution in [0, 0.1) is 0 Å². The van der Waals surface area contributed by atoms with E-state index in [2.05, 4.69) is 58.7 Å². The van der Waals surface area contributed by atoms with Crippen molar-refractivity contribution in [2.24, 2.45) is 4.99 Å². The fraction of sp³-hybridized carbons (Fsp3) is 0.381. The molecule has 0 atom stereocenters. The van der Waals surface area contributed by atoms with E-state index in [0.717, 1.165) is 38.5 Å². The molecule has 0 radical (unpaired) electrons. The Kier molecular flexibility index (Phi) is 8.56. The monoisotopic (exact) mass is 339 g/mol. The first-order valence-electron chi connectivity index (χ1n) is 8.87. The molecule has 0 unspecified atom stereocenters. The molecule has 1 N–H and O–H groups in total. The lowest BCUT2D eigenvalue weighted by Crippen LogP contribution is -2.38. The summed E-state index contributed by atoms with van der Waals surface area (Å²) in [6.07, 6.45) is 2.10. The summed E-state index contributed by atoms with van der Waals surface area (Å²) in [4.78, 5) is 6.50. The quantitative estimate of drug-likeness (QED) is 0.430. The highest BCUT2D eigenvalue weighted by Crippen LogP contribution is 2.03. The second-order valence-corrected chi connectivity index (χ2v) is 6.06. The average Bonchev–Trinajstić information content (AvgIpc) is 2.65. The van der Waals surface area contributed by atoms with Gasteiger partial charge < -0.3 is 15.0 Å². The third-order valence-corrected chi connectivity index (χ3v) is 3.95. The SMILES string of the molecule is CN=C(NCCCCOCc1ccccc1)N(C)Cc1ccccc1. The van der Waals surface area contributed by atoms with Crippen LogP contribution in [0.25, 0.3) is 0 Å². The van der Waals surface area contributed by atoms with Gasteiger partial charge in [0.15, 0.2) is 5.96 Å². The average molecular weight is 339 g/mol. The summed E-state index contributed by atoms with van der Waals surface area (Å²) in [5, 5.41) is 3.42. The second-order valence-electron chi connectivity index (χ2n) is 6.06. The third-order valence-electron chi connectivity index (χ3n) is 3.95. The Morgan fingerprint density at radius 3 is 2.24 bits per heavy atom. The van der Waals surface area contributed by atoms with Gasteiger partial charge in [0.2, 0.25) is 0 Å². The van der Waals surface area contributed by atoms with Crippen molar-refractivity contribution in [3.63, 3.8) is 0 Å². The molecule has 0 bridgehead atoms. The molecule has 0 aromatic heterocycles. The van der Waals surface area contributed by atoms with Crippen molar-refractivity contribution in [3.05, 3.63) is 71.8 Å². The Bertz CT molecular complexity index is 614. The standard InChI is InChI=1S/C21H29N3O/c1-22-21(24(2)17-19-11-5-3-6-12-19)23-15-9-10-16-25-18-20-13-7-4-8-14-20/h3-8,11-14H,9-10,15-18H2,1-2H3,(H,22,23). The molecule has 2 aromatic carbocycles. The van der Waals surface area contributed by atoms with E-state index in [1.807, 2.05) is 31.3 Å². The van der Waals surface area contributed by atoms with Crippen LogP contribution >= 0.6 is 0 Å². The van der Waals surface area contributed by atoms with Crippen LogP contribution in [0.5, 0.6) is 0 Å². The fourth-order valence-corrected chi connectivity index (χ4v) is 2.61. The number of unbranched alkanes of at least 4 members (excludes halogenated alkanes) is 1. The van der Waals surface area contributed by atoms with Gasteiger partial charge >= 0.3 is 0 Å². The lowest BCUT2D eigenvalue weighted by Gasteiger charge is -2.22. The van der Waals surface area contributed by atoms with Gasteiger partial charge in [-0.05, 0) is 24.0 Å². The van der Waals surface area contributed by atoms with Crippen LogP contribution in [0.2, 0.25) is 0 Å². The molecule has 0 aliphatic heterocycles. The molecule has 0 amide bonds. The minimum absolute atomic E-state index is 0.690. The first kappa shape index (κ1) is 19.0. The number of ether oxygens (including phenoxy) is 1. The summed E-state index contributed by atoms with van der Waals surface area (Å²) in [6, 6.07) is 20.7. The number of rotatable bonds is 9. The van der Waals surface area contributed by atoms with E-state index in [9.17, 15) is 0 Å². The van der Waals surface area contributed by atoms with Crippen molar-refractivity contribution in [2.45, 2.75) is 26.0 Å². The van der Waals surface area contributed by atoms with E-state index in [0.29, 0.717) is 6.61 Å². The number of guanidine groups is 1. The molecule has 2 aromatic rings. The van der Waals surface area contributed by atoms with Crippen LogP contribution in [0.3, 0.4) is 0 Å². The summed E-state index contributed by atoms with van der Waals surface area (Å²) in [6.45, 7) is 3.23. The molecule has 0 spiro atoms. The smallest absolute Gasteiger partial charge is 0.193 e. The maximum absolute atomic E-state index is 5.71. The van der Waals surface area contributed by atoms with Crippen LogP contribution in [-0.4, -0.2) is 38.1 Å². The van der Waals surface area contributed by atoms with Gasteiger partial charge in [-0.2, -0.15) is 0 Å². The lowest BCUT2D eigenvalue weighted by molar-refractivity contribution is 0.117. The normalized spacial score (nSPS) is 11.4. The van der Waals surface area contributed by atoms with Gasteiger partial charge in [-0.3, -0.25) is 4.99 Å². The zero-order valence-corrected chi connectivity index (χ0v) is 15.3. The number of hydrogen-bond donors (Lipinski definition) is 1. The summed E-state index contributed by atoms with van der Waals surface area (Å²) in [5.74, 6) is 0.925. The Morgan fingerprint density at radius 2 is 1.60 bits per heavy atom. The van der Waals surface area contributed by atoms with Crippen molar-refractivity contribution < 1.29 is 4.74 Å². The van der Waals surface area contributed by atoms with Crippen molar-refractivity contribution >= 4 is 5.96 Å². The topological polar surface area (TPSA) is 36.9 Å². The highest BCUT2D eigenvalue weighted by atomic mass is 16.5. The zero-order chi connectivity index (χ0) is 17.7. The van der Waals surface area contributed by atoms with Crippen LogP contribution in [0.4, 0.5) is 0 Å². The van der Waals surface area contributed by atoms with Crippen molar-refractivity contribution in [3.8, 4) is 0 Å². The van der Waals surface area contributed by atoms with Gasteiger partial charge in [-0.25, -0.2) is 0 Å². The molecule has 2 rings (SSSR count). The summed E-state index contributed by atoms with van der Waals surface area (Å²) in [7, 11) is 3.89. The molecular weight excluding hydrogens is 310 g/mol. The predicted octanol–water partition coefficient (Wildman–Crippen LogP) is 3.69. The van der Waals surface area contributed by atoms with Gasteiger partial charge in [0.05, 0.1) is 6.61 Å². The van der Waals surface area contributed by atoms with E-state index in [4.69, 9.17) is 4.74 Å². The van der Waals surface area contributed by atoms with Gasteiger partial charge in [-0.15, -0.1) is 0 Å². The van der Waals surface area contributed by atoms with Gasteiger partial charge in [0.1, 0.15) is 0 Å². The number of nitrogens with zero attached hydrogens (tertiary/aromatic N) is 2. The minimum Gasteiger partial charge on any atom is -0.377 e. The Balaban J connectivity index is 1.58. The van der Waals surface area contributed by atoms with Crippen molar-refractivity contribution in [1.29, 1.82) is 0 Å². The number of hydrogen-bond acceptors (Lipinski definition) is 2. The van der Waals surface area contributed by atoms with Crippen LogP contribution in [0.1, 0.15) is 24.0 Å². The van der Waals surface area contributed by atoms with E-state index in [-0.39, 0.29) is 0 Å². The Hall–Kier alpha value is -2.33. The first-order valence-corrected chi connectivity index (χ1v) is 8.87. The molecular formula is C21H29N3O. The summed E-state index contributed by atoms with van der Waals surface area (Å²) < 4.78 is 5.71. The van der Waals surface area contributed by atoms with Gasteiger partial charge in [0.25, 0.3) is 0 Å². The molecule has 0 saturated carbocycles. The number of aliphatic imine (C=N–C) groups is 1. The fourth-order valence-electron chi connectivity index (χ4n) is 2.61. The zero-order valence-electron chi connectivity index (χ0n) is 15.3. The summed E-state index contributed by atoms with van der Waals surface area (Å²) >= 11 is 0. The molecule has 25 heavy (non-hydrogen) atoms. The Labute approximate surface area is 151 Å². The third kappa shape index (κ3) is 7.40. The summed E-state index contributed by atoms with van der Waals surface area (Å²) in [5.41, 5.74) is 2.51. The first-order chi connectivity index (χ1) is 12.3. The van der Waals surface area contributed by atoms with Crippen molar-refractivity contribution in [1.82, 2.24) is 10.2 Å². The lowest BCUT2D eigenvalue weighted by atomic mass is 10.2. The molecule has 134 valence electrons. The maximum atomic E-state index is 5.71. The second kappa shape index (κ2) is 11.3. The van der Waals surface area contributed by atoms with Crippen LogP contribution in [-0.2, 0) is 17.9 Å².